The van der Waals surface area contributed by atoms with Crippen molar-refractivity contribution in [1.29, 1.82) is 0 Å². The van der Waals surface area contributed by atoms with Gasteiger partial charge in [-0.2, -0.15) is 0 Å². The Kier molecular flexibility index (Phi) is 6.36. The molecule has 6 nitrogen and oxygen atoms in total. The summed E-state index contributed by atoms with van der Waals surface area (Å²) in [5.74, 6) is 0.0977. The highest BCUT2D eigenvalue weighted by Gasteiger charge is 2.32. The number of carbonyl (C=O) groups is 1. The molecule has 1 saturated heterocycles. The van der Waals surface area contributed by atoms with Crippen molar-refractivity contribution in [3.05, 3.63) is 41.7 Å². The molecule has 0 aliphatic carbocycles. The fourth-order valence-corrected chi connectivity index (χ4v) is 3.06. The van der Waals surface area contributed by atoms with Crippen LogP contribution in [0.3, 0.4) is 0 Å². The van der Waals surface area contributed by atoms with E-state index >= 15 is 0 Å². The zero-order valence-corrected chi connectivity index (χ0v) is 16.3. The third kappa shape index (κ3) is 3.73. The second-order valence-corrected chi connectivity index (χ2v) is 6.79. The fraction of sp³-hybridized carbons (Fsp3) is 0.500. The summed E-state index contributed by atoms with van der Waals surface area (Å²) in [6.45, 7) is 9.30. The maximum Gasteiger partial charge on any atom is 0.293 e. The van der Waals surface area contributed by atoms with Gasteiger partial charge in [-0.1, -0.05) is 26.0 Å². The lowest BCUT2D eigenvalue weighted by Gasteiger charge is -2.37. The average Bonchev–Trinajstić information content (AvgIpc) is 3.02. The number of para-hydroxylation sites is 1. The van der Waals surface area contributed by atoms with Gasteiger partial charge in [-0.25, -0.2) is 14.1 Å². The number of halogens is 2. The summed E-state index contributed by atoms with van der Waals surface area (Å²) >= 11 is 0. The van der Waals surface area contributed by atoms with Crippen LogP contribution in [0.1, 0.15) is 50.1 Å². The Morgan fingerprint density at radius 1 is 1.31 bits per heavy atom. The van der Waals surface area contributed by atoms with Gasteiger partial charge in [0.2, 0.25) is 5.82 Å². The molecule has 2 unspecified atom stereocenters. The van der Waals surface area contributed by atoms with E-state index in [0.717, 1.165) is 6.54 Å². The molecule has 2 heterocycles. The van der Waals surface area contributed by atoms with Crippen LogP contribution in [0.15, 0.2) is 24.3 Å². The molecule has 1 fully saturated rings. The van der Waals surface area contributed by atoms with Crippen LogP contribution in [-0.2, 0) is 0 Å². The third-order valence-corrected chi connectivity index (χ3v) is 4.72. The molecule has 1 N–H and O–H groups in total. The first-order chi connectivity index (χ1) is 11.9. The van der Waals surface area contributed by atoms with E-state index in [1.165, 1.54) is 10.7 Å². The topological polar surface area (TPSA) is 63.1 Å². The Hall–Kier alpha value is -1.99. The molecule has 142 valence electrons. The fourth-order valence-electron chi connectivity index (χ4n) is 3.06. The van der Waals surface area contributed by atoms with E-state index in [4.69, 9.17) is 0 Å². The molecular formula is C18H25ClFN5O. The molecular weight excluding hydrogens is 357 g/mol. The molecule has 1 aromatic heterocycles. The van der Waals surface area contributed by atoms with E-state index in [-0.39, 0.29) is 42.1 Å². The van der Waals surface area contributed by atoms with Crippen LogP contribution < -0.4 is 5.32 Å². The molecule has 0 radical (unpaired) electrons. The number of nitrogens with zero attached hydrogens (tertiary/aromatic N) is 4. The molecule has 2 aromatic rings. The predicted octanol–water partition coefficient (Wildman–Crippen LogP) is 2.77. The van der Waals surface area contributed by atoms with Gasteiger partial charge in [0.25, 0.3) is 5.91 Å². The minimum absolute atomic E-state index is 0. The summed E-state index contributed by atoms with van der Waals surface area (Å²) in [5, 5.41) is 7.70. The quantitative estimate of drug-likeness (QED) is 0.888. The lowest BCUT2D eigenvalue weighted by Crippen LogP contribution is -2.57. The van der Waals surface area contributed by atoms with Gasteiger partial charge in [-0.15, -0.1) is 17.5 Å². The van der Waals surface area contributed by atoms with Crippen molar-refractivity contribution in [2.24, 2.45) is 0 Å². The van der Waals surface area contributed by atoms with Crippen LogP contribution in [0, 0.1) is 5.82 Å². The summed E-state index contributed by atoms with van der Waals surface area (Å²) in [7, 11) is 0. The Bertz CT molecular complexity index is 779. The zero-order valence-electron chi connectivity index (χ0n) is 15.4. The van der Waals surface area contributed by atoms with Crippen LogP contribution in [-0.4, -0.2) is 50.7 Å². The molecule has 1 aliphatic rings. The van der Waals surface area contributed by atoms with Gasteiger partial charge in [0.15, 0.2) is 0 Å². The highest BCUT2D eigenvalue weighted by atomic mass is 35.5. The maximum absolute atomic E-state index is 14.2. The van der Waals surface area contributed by atoms with E-state index in [1.54, 1.807) is 23.1 Å². The van der Waals surface area contributed by atoms with Gasteiger partial charge in [0.05, 0.1) is 0 Å². The first-order valence-electron chi connectivity index (χ1n) is 8.66. The molecule has 1 amide bonds. The summed E-state index contributed by atoms with van der Waals surface area (Å²) in [5.41, 5.74) is 0.305. The molecule has 26 heavy (non-hydrogen) atoms. The molecule has 1 aromatic carbocycles. The molecule has 2 atom stereocenters. The van der Waals surface area contributed by atoms with Crippen LogP contribution >= 0.6 is 12.4 Å². The Labute approximate surface area is 159 Å². The maximum atomic E-state index is 14.2. The number of carbonyl (C=O) groups excluding carboxylic acids is 1. The smallest absolute Gasteiger partial charge is 0.293 e. The molecule has 0 bridgehead atoms. The Morgan fingerprint density at radius 3 is 2.65 bits per heavy atom. The second-order valence-electron chi connectivity index (χ2n) is 6.79. The lowest BCUT2D eigenvalue weighted by molar-refractivity contribution is 0.0590. The zero-order chi connectivity index (χ0) is 18.1. The third-order valence-electron chi connectivity index (χ3n) is 4.72. The predicted molar refractivity (Wildman–Crippen MR) is 101 cm³/mol. The van der Waals surface area contributed by atoms with Gasteiger partial charge in [-0.3, -0.25) is 4.79 Å². The van der Waals surface area contributed by atoms with Gasteiger partial charge in [0, 0.05) is 31.1 Å². The van der Waals surface area contributed by atoms with Crippen molar-refractivity contribution < 1.29 is 9.18 Å². The summed E-state index contributed by atoms with van der Waals surface area (Å²) in [4.78, 5) is 19.1. The number of nitrogens with one attached hydrogen (secondary N) is 1. The van der Waals surface area contributed by atoms with Gasteiger partial charge in [0.1, 0.15) is 17.3 Å². The monoisotopic (exact) mass is 381 g/mol. The number of aromatic nitrogens is 3. The summed E-state index contributed by atoms with van der Waals surface area (Å²) in [6.07, 6.45) is 0. The minimum atomic E-state index is -0.391. The number of hydrogen-bond acceptors (Lipinski definition) is 4. The number of hydrogen-bond donors (Lipinski definition) is 1. The van der Waals surface area contributed by atoms with Crippen molar-refractivity contribution in [2.45, 2.75) is 45.7 Å². The minimum Gasteiger partial charge on any atom is -0.330 e. The van der Waals surface area contributed by atoms with Crippen LogP contribution in [0.5, 0.6) is 0 Å². The van der Waals surface area contributed by atoms with Gasteiger partial charge >= 0.3 is 0 Å². The van der Waals surface area contributed by atoms with Crippen LogP contribution in [0.4, 0.5) is 4.39 Å². The summed E-state index contributed by atoms with van der Waals surface area (Å²) in [6, 6.07) is 6.63. The van der Waals surface area contributed by atoms with E-state index in [1.807, 2.05) is 20.8 Å². The number of piperazine rings is 1. The van der Waals surface area contributed by atoms with E-state index in [9.17, 15) is 9.18 Å². The molecule has 3 rings (SSSR count). The van der Waals surface area contributed by atoms with E-state index in [2.05, 4.69) is 22.3 Å². The lowest BCUT2D eigenvalue weighted by atomic mass is 10.1. The summed E-state index contributed by atoms with van der Waals surface area (Å²) < 4.78 is 15.7. The van der Waals surface area contributed by atoms with E-state index in [0.29, 0.717) is 18.1 Å². The van der Waals surface area contributed by atoms with E-state index < -0.39 is 5.82 Å². The van der Waals surface area contributed by atoms with Crippen LogP contribution in [0.2, 0.25) is 0 Å². The Morgan fingerprint density at radius 2 is 2.00 bits per heavy atom. The van der Waals surface area contributed by atoms with Crippen molar-refractivity contribution in [3.8, 4) is 5.69 Å². The average molecular weight is 382 g/mol. The van der Waals surface area contributed by atoms with Crippen molar-refractivity contribution >= 4 is 18.3 Å². The highest BCUT2D eigenvalue weighted by molar-refractivity contribution is 5.91. The van der Waals surface area contributed by atoms with Gasteiger partial charge < -0.3 is 10.2 Å². The van der Waals surface area contributed by atoms with Crippen molar-refractivity contribution in [2.75, 3.05) is 13.1 Å². The van der Waals surface area contributed by atoms with Gasteiger partial charge in [-0.05, 0) is 26.0 Å². The largest absolute Gasteiger partial charge is 0.330 e. The normalized spacial score (nSPS) is 20.2. The molecule has 0 spiro atoms. The SMILES string of the molecule is CC(C)c1nc(C(=O)N2CCNC(C)C2C)nn1-c1ccccc1F.Cl. The number of rotatable bonds is 3. The number of benzene rings is 1. The molecule has 8 heteroatoms. The molecule has 0 saturated carbocycles. The van der Waals surface area contributed by atoms with Crippen molar-refractivity contribution in [1.82, 2.24) is 25.0 Å². The number of amides is 1. The first kappa shape index (κ1) is 20.3. The first-order valence-corrected chi connectivity index (χ1v) is 8.66. The highest BCUT2D eigenvalue weighted by Crippen LogP contribution is 2.21. The van der Waals surface area contributed by atoms with Crippen LogP contribution in [0.25, 0.3) is 5.69 Å². The molecule has 1 aliphatic heterocycles. The second kappa shape index (κ2) is 8.14. The standard InChI is InChI=1S/C18H24FN5O.ClH/c1-11(2)17-21-16(18(25)23-10-9-20-12(3)13(23)4)22-24(17)15-8-6-5-7-14(15)19;/h5-8,11-13,20H,9-10H2,1-4H3;1H. The Balaban J connectivity index is 0.00000243. The van der Waals surface area contributed by atoms with Crippen molar-refractivity contribution in [3.63, 3.8) is 0 Å².